The van der Waals surface area contributed by atoms with E-state index in [1.165, 1.54) is 6.08 Å². The Balaban J connectivity index is 2.96. The van der Waals surface area contributed by atoms with E-state index in [-0.39, 0.29) is 11.6 Å². The van der Waals surface area contributed by atoms with Crippen molar-refractivity contribution in [1.29, 1.82) is 0 Å². The SMILES string of the molecule is C=C(NC(=O)OC(C)(C)C)N[C@H]1C=C(C(=O)OC)O[C@@H]([C@H](O)[C@H](O)COC(C)=O)[C@@H]1N. The fourth-order valence-electron chi connectivity index (χ4n) is 2.58. The number of aliphatic hydroxyl groups excluding tert-OH is 2. The van der Waals surface area contributed by atoms with Gasteiger partial charge in [-0.05, 0) is 26.8 Å². The number of nitrogens with two attached hydrogens (primary N) is 1. The van der Waals surface area contributed by atoms with Crippen LogP contribution in [0.3, 0.4) is 0 Å². The highest BCUT2D eigenvalue weighted by Crippen LogP contribution is 2.23. The quantitative estimate of drug-likeness (QED) is 0.229. The van der Waals surface area contributed by atoms with E-state index in [0.717, 1.165) is 14.0 Å². The Kier molecular flexibility index (Phi) is 9.28. The summed E-state index contributed by atoms with van der Waals surface area (Å²) in [6.45, 7) is 9.37. The van der Waals surface area contributed by atoms with Crippen LogP contribution in [0.4, 0.5) is 4.79 Å². The number of esters is 2. The number of alkyl carbamates (subject to hydrolysis) is 1. The van der Waals surface area contributed by atoms with E-state index in [1.807, 2.05) is 0 Å². The summed E-state index contributed by atoms with van der Waals surface area (Å²) in [5.74, 6) is -1.78. The molecule has 0 unspecified atom stereocenters. The maximum Gasteiger partial charge on any atom is 0.413 e. The molecule has 1 heterocycles. The van der Waals surface area contributed by atoms with Crippen LogP contribution in [0.2, 0.25) is 0 Å². The van der Waals surface area contributed by atoms with Gasteiger partial charge in [-0.25, -0.2) is 9.59 Å². The molecule has 0 spiro atoms. The Morgan fingerprint density at radius 2 is 1.94 bits per heavy atom. The number of carbonyl (C=O) groups excluding carboxylic acids is 3. The summed E-state index contributed by atoms with van der Waals surface area (Å²) >= 11 is 0. The molecule has 1 aliphatic rings. The fourth-order valence-corrected chi connectivity index (χ4v) is 2.58. The Labute approximate surface area is 180 Å². The van der Waals surface area contributed by atoms with Crippen molar-refractivity contribution in [3.63, 3.8) is 0 Å². The minimum absolute atomic E-state index is 0.00534. The molecule has 1 aliphatic heterocycles. The van der Waals surface area contributed by atoms with Crippen molar-refractivity contribution in [1.82, 2.24) is 10.6 Å². The van der Waals surface area contributed by atoms with E-state index in [9.17, 15) is 24.6 Å². The maximum absolute atomic E-state index is 12.0. The first-order chi connectivity index (χ1) is 14.2. The van der Waals surface area contributed by atoms with Crippen LogP contribution in [0.25, 0.3) is 0 Å². The minimum atomic E-state index is -1.63. The average molecular weight is 445 g/mol. The summed E-state index contributed by atoms with van der Waals surface area (Å²) in [6, 6.07) is -1.89. The molecule has 31 heavy (non-hydrogen) atoms. The standard InChI is InChI=1S/C19H31N3O9/c1-9(22-18(27)31-19(3,4)5)21-11-7-13(17(26)28-6)30-16(14(11)20)15(25)12(24)8-29-10(2)23/h7,11-12,14-16,21,24-25H,1,8,20H2,2-6H3,(H,22,27)/t11-,12+,14+,15+,16+/m0/s1. The van der Waals surface area contributed by atoms with Crippen LogP contribution in [0, 0.1) is 0 Å². The minimum Gasteiger partial charge on any atom is -0.479 e. The largest absolute Gasteiger partial charge is 0.479 e. The van der Waals surface area contributed by atoms with E-state index >= 15 is 0 Å². The van der Waals surface area contributed by atoms with Crippen LogP contribution in [0.5, 0.6) is 0 Å². The first-order valence-corrected chi connectivity index (χ1v) is 9.42. The summed E-state index contributed by atoms with van der Waals surface area (Å²) in [6.07, 6.45) is -3.94. The van der Waals surface area contributed by atoms with Crippen LogP contribution in [0.1, 0.15) is 27.7 Å². The van der Waals surface area contributed by atoms with Crippen LogP contribution in [-0.2, 0) is 28.5 Å². The molecule has 12 heteroatoms. The average Bonchev–Trinajstić information content (AvgIpc) is 2.64. The van der Waals surface area contributed by atoms with Crippen molar-refractivity contribution >= 4 is 18.0 Å². The zero-order valence-electron chi connectivity index (χ0n) is 18.2. The maximum atomic E-state index is 12.0. The molecule has 12 nitrogen and oxygen atoms in total. The first-order valence-electron chi connectivity index (χ1n) is 9.42. The topological polar surface area (TPSA) is 179 Å². The Morgan fingerprint density at radius 1 is 1.32 bits per heavy atom. The van der Waals surface area contributed by atoms with Crippen LogP contribution in [0.15, 0.2) is 24.2 Å². The second kappa shape index (κ2) is 11.0. The third kappa shape index (κ3) is 8.44. The number of hydrogen-bond acceptors (Lipinski definition) is 11. The lowest BCUT2D eigenvalue weighted by Crippen LogP contribution is -2.61. The summed E-state index contributed by atoms with van der Waals surface area (Å²) in [7, 11) is 1.13. The number of amides is 1. The zero-order chi connectivity index (χ0) is 23.9. The predicted molar refractivity (Wildman–Crippen MR) is 107 cm³/mol. The van der Waals surface area contributed by atoms with E-state index in [4.69, 9.17) is 15.2 Å². The number of methoxy groups -OCH3 is 1. The van der Waals surface area contributed by atoms with Crippen LogP contribution in [-0.4, -0.2) is 78.0 Å². The number of nitrogens with one attached hydrogen (secondary N) is 2. The predicted octanol–water partition coefficient (Wildman–Crippen LogP) is -0.992. The highest BCUT2D eigenvalue weighted by molar-refractivity contribution is 5.86. The molecule has 5 atom stereocenters. The molecule has 176 valence electrons. The normalized spacial score (nSPS) is 22.7. The van der Waals surface area contributed by atoms with Crippen LogP contribution >= 0.6 is 0 Å². The van der Waals surface area contributed by atoms with Crippen molar-refractivity contribution in [2.45, 2.75) is 63.7 Å². The van der Waals surface area contributed by atoms with Gasteiger partial charge in [0.15, 0.2) is 0 Å². The smallest absolute Gasteiger partial charge is 0.413 e. The number of aliphatic hydroxyl groups is 2. The van der Waals surface area contributed by atoms with Gasteiger partial charge in [0.25, 0.3) is 0 Å². The summed E-state index contributed by atoms with van der Waals surface area (Å²) in [4.78, 5) is 34.8. The summed E-state index contributed by atoms with van der Waals surface area (Å²) in [5.41, 5.74) is 5.42. The van der Waals surface area contributed by atoms with Gasteiger partial charge in [0.1, 0.15) is 36.3 Å². The second-order valence-corrected chi connectivity index (χ2v) is 7.82. The molecule has 0 aliphatic carbocycles. The van der Waals surface area contributed by atoms with E-state index in [1.54, 1.807) is 20.8 Å². The lowest BCUT2D eigenvalue weighted by atomic mass is 9.93. The fraction of sp³-hybridized carbons (Fsp3) is 0.632. The molecular weight excluding hydrogens is 414 g/mol. The number of rotatable bonds is 8. The van der Waals surface area contributed by atoms with Gasteiger partial charge in [-0.2, -0.15) is 0 Å². The Bertz CT molecular complexity index is 717. The Morgan fingerprint density at radius 3 is 2.45 bits per heavy atom. The van der Waals surface area contributed by atoms with Crippen molar-refractivity contribution in [3.05, 3.63) is 24.2 Å². The van der Waals surface area contributed by atoms with Crippen LogP contribution < -0.4 is 16.4 Å². The number of ether oxygens (including phenoxy) is 4. The van der Waals surface area contributed by atoms with Crippen molar-refractivity contribution in [2.75, 3.05) is 13.7 Å². The Hall–Kier alpha value is -2.83. The number of hydrogen-bond donors (Lipinski definition) is 5. The molecular formula is C19H31N3O9. The third-order valence-corrected chi connectivity index (χ3v) is 3.96. The molecule has 1 amide bonds. The molecule has 0 aromatic rings. The molecule has 1 rings (SSSR count). The van der Waals surface area contributed by atoms with Gasteiger partial charge in [-0.3, -0.25) is 10.1 Å². The van der Waals surface area contributed by atoms with Gasteiger partial charge in [0.2, 0.25) is 5.76 Å². The van der Waals surface area contributed by atoms with Crippen molar-refractivity contribution in [3.8, 4) is 0 Å². The molecule has 6 N–H and O–H groups in total. The highest BCUT2D eigenvalue weighted by Gasteiger charge is 2.42. The summed E-state index contributed by atoms with van der Waals surface area (Å²) < 4.78 is 19.9. The van der Waals surface area contributed by atoms with Gasteiger partial charge < -0.3 is 40.2 Å². The first kappa shape index (κ1) is 26.2. The van der Waals surface area contributed by atoms with Gasteiger partial charge in [-0.1, -0.05) is 6.58 Å². The van der Waals surface area contributed by atoms with Gasteiger partial charge >= 0.3 is 18.0 Å². The van der Waals surface area contributed by atoms with E-state index in [0.29, 0.717) is 0 Å². The molecule has 0 aromatic heterocycles. The van der Waals surface area contributed by atoms with Crippen molar-refractivity contribution < 1.29 is 43.5 Å². The zero-order valence-corrected chi connectivity index (χ0v) is 18.2. The van der Waals surface area contributed by atoms with E-state index in [2.05, 4.69) is 26.7 Å². The molecule has 0 fully saturated rings. The molecule has 0 bridgehead atoms. The lowest BCUT2D eigenvalue weighted by molar-refractivity contribution is -0.154. The lowest BCUT2D eigenvalue weighted by Gasteiger charge is -2.38. The molecule has 0 aromatic carbocycles. The third-order valence-electron chi connectivity index (χ3n) is 3.96. The molecule has 0 saturated carbocycles. The van der Waals surface area contributed by atoms with Crippen molar-refractivity contribution in [2.24, 2.45) is 5.73 Å². The molecule has 0 saturated heterocycles. The highest BCUT2D eigenvalue weighted by atomic mass is 16.6. The second-order valence-electron chi connectivity index (χ2n) is 7.82. The van der Waals surface area contributed by atoms with E-state index < -0.39 is 60.6 Å². The van der Waals surface area contributed by atoms with Gasteiger partial charge in [-0.15, -0.1) is 0 Å². The monoisotopic (exact) mass is 445 g/mol. The summed E-state index contributed by atoms with van der Waals surface area (Å²) in [5, 5.41) is 25.7. The number of carbonyl (C=O) groups is 3. The van der Waals surface area contributed by atoms with Gasteiger partial charge in [0.05, 0.1) is 19.2 Å². The van der Waals surface area contributed by atoms with Gasteiger partial charge in [0, 0.05) is 6.92 Å². The molecule has 0 radical (unpaired) electrons.